The molecule has 4 heterocycles. The molecule has 0 bridgehead atoms. The molecule has 3 aromatic rings. The average molecular weight is 417 g/mol. The van der Waals surface area contributed by atoms with Crippen LogP contribution in [0.4, 0.5) is 19.1 Å². The first-order valence-corrected chi connectivity index (χ1v) is 9.31. The molecule has 0 aliphatic carbocycles. The van der Waals surface area contributed by atoms with Crippen molar-refractivity contribution >= 4 is 17.0 Å². The maximum Gasteiger partial charge on any atom is 0.417 e. The van der Waals surface area contributed by atoms with Crippen molar-refractivity contribution in [3.8, 4) is 17.3 Å². The minimum atomic E-state index is -4.52. The molecule has 4 rings (SSSR count). The number of hydrogen-bond acceptors (Lipinski definition) is 7. The van der Waals surface area contributed by atoms with Gasteiger partial charge in [-0.2, -0.15) is 18.4 Å². The quantitative estimate of drug-likeness (QED) is 0.658. The molecular formula is C19H18F3N7O. The number of nitrogens with zero attached hydrogens (tertiary/aromatic N) is 5. The number of rotatable bonds is 5. The highest BCUT2D eigenvalue weighted by Crippen LogP contribution is 2.34. The Morgan fingerprint density at radius 2 is 2.03 bits per heavy atom. The van der Waals surface area contributed by atoms with Crippen LogP contribution in [0.25, 0.3) is 22.3 Å². The predicted molar refractivity (Wildman–Crippen MR) is 103 cm³/mol. The molecule has 0 radical (unpaired) electrons. The van der Waals surface area contributed by atoms with Crippen LogP contribution < -0.4 is 5.32 Å². The van der Waals surface area contributed by atoms with E-state index < -0.39 is 11.7 Å². The van der Waals surface area contributed by atoms with Crippen LogP contribution in [0.3, 0.4) is 0 Å². The van der Waals surface area contributed by atoms with Crippen LogP contribution in [0.1, 0.15) is 11.1 Å². The topological polar surface area (TPSA) is 103 Å². The zero-order chi connectivity index (χ0) is 21.1. The smallest absolute Gasteiger partial charge is 0.379 e. The number of pyridine rings is 1. The van der Waals surface area contributed by atoms with Crippen LogP contribution in [0.5, 0.6) is 0 Å². The van der Waals surface area contributed by atoms with Crippen LogP contribution in [0.2, 0.25) is 0 Å². The average Bonchev–Trinajstić information content (AvgIpc) is 3.17. The van der Waals surface area contributed by atoms with Gasteiger partial charge in [0.15, 0.2) is 0 Å². The second-order valence-electron chi connectivity index (χ2n) is 6.77. The van der Waals surface area contributed by atoms with Crippen molar-refractivity contribution in [2.45, 2.75) is 6.18 Å². The summed E-state index contributed by atoms with van der Waals surface area (Å²) in [6.45, 7) is 4.46. The fraction of sp³-hybridized carbons (Fsp3) is 0.368. The number of fused-ring (bicyclic) bond motifs is 1. The first kappa shape index (κ1) is 20.1. The molecule has 1 saturated heterocycles. The van der Waals surface area contributed by atoms with Gasteiger partial charge in [0.1, 0.15) is 11.7 Å². The van der Waals surface area contributed by atoms with Crippen LogP contribution in [0, 0.1) is 11.3 Å². The Morgan fingerprint density at radius 3 is 2.77 bits per heavy atom. The molecule has 156 valence electrons. The Bertz CT molecular complexity index is 1080. The third-order valence-corrected chi connectivity index (χ3v) is 4.84. The van der Waals surface area contributed by atoms with E-state index in [1.165, 1.54) is 12.4 Å². The van der Waals surface area contributed by atoms with Gasteiger partial charge in [-0.25, -0.2) is 15.0 Å². The van der Waals surface area contributed by atoms with Gasteiger partial charge in [0.2, 0.25) is 5.95 Å². The van der Waals surface area contributed by atoms with Crippen molar-refractivity contribution in [3.63, 3.8) is 0 Å². The number of ether oxygens (including phenoxy) is 1. The summed E-state index contributed by atoms with van der Waals surface area (Å²) in [5.41, 5.74) is 0.175. The summed E-state index contributed by atoms with van der Waals surface area (Å²) in [6, 6.07) is 3.00. The molecule has 1 aliphatic rings. The first-order valence-electron chi connectivity index (χ1n) is 9.31. The highest BCUT2D eigenvalue weighted by Gasteiger charge is 2.31. The number of aromatic amines is 1. The largest absolute Gasteiger partial charge is 0.417 e. The van der Waals surface area contributed by atoms with Crippen molar-refractivity contribution in [2.75, 3.05) is 44.7 Å². The summed E-state index contributed by atoms with van der Waals surface area (Å²) in [5.74, 6) is 0.298. The first-order chi connectivity index (χ1) is 14.5. The van der Waals surface area contributed by atoms with E-state index in [1.807, 2.05) is 6.07 Å². The van der Waals surface area contributed by atoms with E-state index in [2.05, 4.69) is 30.2 Å². The summed E-state index contributed by atoms with van der Waals surface area (Å²) in [6.07, 6.45) is -0.893. The van der Waals surface area contributed by atoms with Crippen LogP contribution in [-0.4, -0.2) is 64.2 Å². The molecular weight excluding hydrogens is 399 g/mol. The molecule has 2 N–H and O–H groups in total. The Morgan fingerprint density at radius 1 is 1.23 bits per heavy atom. The number of halogens is 3. The SMILES string of the molecule is N#Cc1cnc(NCCN2CCOCC2)nc1-c1c[nH]c2ncc(C(F)(F)F)cc12. The lowest BCUT2D eigenvalue weighted by Crippen LogP contribution is -2.39. The summed E-state index contributed by atoms with van der Waals surface area (Å²) in [4.78, 5) is 17.5. The van der Waals surface area contributed by atoms with Gasteiger partial charge in [-0.3, -0.25) is 4.90 Å². The van der Waals surface area contributed by atoms with E-state index in [0.717, 1.165) is 31.9 Å². The molecule has 11 heteroatoms. The minimum Gasteiger partial charge on any atom is -0.379 e. The van der Waals surface area contributed by atoms with Gasteiger partial charge < -0.3 is 15.0 Å². The van der Waals surface area contributed by atoms with Gasteiger partial charge in [-0.05, 0) is 6.07 Å². The molecule has 1 fully saturated rings. The number of morpholine rings is 1. The Labute approximate surface area is 169 Å². The Kier molecular flexibility index (Phi) is 5.52. The van der Waals surface area contributed by atoms with Gasteiger partial charge in [-0.1, -0.05) is 0 Å². The maximum absolute atomic E-state index is 13.1. The molecule has 0 spiro atoms. The lowest BCUT2D eigenvalue weighted by Gasteiger charge is -2.26. The molecule has 0 amide bonds. The normalized spacial score (nSPS) is 15.3. The number of nitrogens with one attached hydrogen (secondary N) is 2. The van der Waals surface area contributed by atoms with Crippen LogP contribution >= 0.6 is 0 Å². The van der Waals surface area contributed by atoms with Crippen molar-refractivity contribution < 1.29 is 17.9 Å². The van der Waals surface area contributed by atoms with E-state index in [0.29, 0.717) is 31.3 Å². The van der Waals surface area contributed by atoms with E-state index in [9.17, 15) is 18.4 Å². The fourth-order valence-electron chi connectivity index (χ4n) is 3.26. The van der Waals surface area contributed by atoms with Crippen molar-refractivity contribution in [1.82, 2.24) is 24.8 Å². The lowest BCUT2D eigenvalue weighted by molar-refractivity contribution is -0.137. The molecule has 30 heavy (non-hydrogen) atoms. The zero-order valence-electron chi connectivity index (χ0n) is 15.8. The predicted octanol–water partition coefficient (Wildman–Crippen LogP) is 2.65. The maximum atomic E-state index is 13.1. The molecule has 0 saturated carbocycles. The summed E-state index contributed by atoms with van der Waals surface area (Å²) in [7, 11) is 0. The number of aromatic nitrogens is 4. The van der Waals surface area contributed by atoms with Gasteiger partial charge in [0.25, 0.3) is 0 Å². The zero-order valence-corrected chi connectivity index (χ0v) is 15.8. The van der Waals surface area contributed by atoms with Crippen LogP contribution in [-0.2, 0) is 10.9 Å². The third kappa shape index (κ3) is 4.19. The highest BCUT2D eigenvalue weighted by atomic mass is 19.4. The minimum absolute atomic E-state index is 0.159. The summed E-state index contributed by atoms with van der Waals surface area (Å²) >= 11 is 0. The standard InChI is InChI=1S/C19H18F3N7O/c20-19(21,22)13-7-14-15(11-26-17(14)25-10-13)16-12(8-23)9-27-18(28-16)24-1-2-29-3-5-30-6-4-29/h7,9-11H,1-6H2,(H,25,26)(H,24,27,28). The number of anilines is 1. The molecule has 0 aromatic carbocycles. The Balaban J connectivity index is 1.61. The summed E-state index contributed by atoms with van der Waals surface area (Å²) < 4.78 is 44.6. The number of hydrogen-bond donors (Lipinski definition) is 2. The lowest BCUT2D eigenvalue weighted by atomic mass is 10.1. The summed E-state index contributed by atoms with van der Waals surface area (Å²) in [5, 5.41) is 12.8. The molecule has 1 aliphatic heterocycles. The number of H-pyrrole nitrogens is 1. The number of nitriles is 1. The fourth-order valence-corrected chi connectivity index (χ4v) is 3.26. The Hall–Kier alpha value is -3.23. The van der Waals surface area contributed by atoms with Crippen molar-refractivity contribution in [3.05, 3.63) is 35.8 Å². The van der Waals surface area contributed by atoms with Crippen LogP contribution in [0.15, 0.2) is 24.7 Å². The molecule has 3 aromatic heterocycles. The van der Waals surface area contributed by atoms with Gasteiger partial charge in [0, 0.05) is 49.5 Å². The van der Waals surface area contributed by atoms with E-state index in [-0.39, 0.29) is 22.3 Å². The number of alkyl halides is 3. The second-order valence-corrected chi connectivity index (χ2v) is 6.77. The van der Waals surface area contributed by atoms with Gasteiger partial charge in [-0.15, -0.1) is 0 Å². The molecule has 8 nitrogen and oxygen atoms in total. The van der Waals surface area contributed by atoms with E-state index in [4.69, 9.17) is 4.74 Å². The molecule has 0 unspecified atom stereocenters. The van der Waals surface area contributed by atoms with Crippen molar-refractivity contribution in [2.24, 2.45) is 0 Å². The van der Waals surface area contributed by atoms with E-state index in [1.54, 1.807) is 0 Å². The molecule has 0 atom stereocenters. The van der Waals surface area contributed by atoms with Gasteiger partial charge >= 0.3 is 6.18 Å². The second kappa shape index (κ2) is 8.25. The van der Waals surface area contributed by atoms with Gasteiger partial charge in [0.05, 0.1) is 36.2 Å². The third-order valence-electron chi connectivity index (χ3n) is 4.84. The van der Waals surface area contributed by atoms with Crippen molar-refractivity contribution in [1.29, 1.82) is 5.26 Å². The highest BCUT2D eigenvalue weighted by molar-refractivity contribution is 5.94. The monoisotopic (exact) mass is 417 g/mol. The van der Waals surface area contributed by atoms with E-state index >= 15 is 0 Å².